The first kappa shape index (κ1) is 22.5. The van der Waals surface area contributed by atoms with Crippen LogP contribution in [0.5, 0.6) is 5.75 Å². The summed E-state index contributed by atoms with van der Waals surface area (Å²) in [5, 5.41) is 0. The minimum atomic E-state index is -0.528. The highest BCUT2D eigenvalue weighted by molar-refractivity contribution is 6.04. The standard InChI is InChI=1S/C24H30O5/c1-4-6-16-27-23(25)21-15-11-14-20(22(21)24(26)28-17-7-5-2)18(3)29-19-12-9-8-10-13-19/h8-15,18H,4-7,16-17H2,1-3H3. The van der Waals surface area contributed by atoms with Crippen molar-refractivity contribution in [1.29, 1.82) is 0 Å². The van der Waals surface area contributed by atoms with Crippen LogP contribution in [0.2, 0.25) is 0 Å². The number of benzene rings is 2. The molecule has 1 atom stereocenters. The Morgan fingerprint density at radius 1 is 0.828 bits per heavy atom. The number of carbonyl (C=O) groups excluding carboxylic acids is 2. The number of rotatable bonds is 11. The predicted octanol–water partition coefficient (Wildman–Crippen LogP) is 5.74. The number of para-hydroxylation sites is 1. The van der Waals surface area contributed by atoms with Crippen LogP contribution in [0.1, 0.15) is 78.8 Å². The SMILES string of the molecule is CCCCOC(=O)c1cccc(C(C)Oc2ccccc2)c1C(=O)OCCCC. The van der Waals surface area contributed by atoms with Crippen LogP contribution in [0.25, 0.3) is 0 Å². The van der Waals surface area contributed by atoms with Gasteiger partial charge in [0.1, 0.15) is 11.9 Å². The molecule has 2 aromatic rings. The lowest BCUT2D eigenvalue weighted by Crippen LogP contribution is -2.19. The molecule has 0 saturated heterocycles. The third-order valence-corrected chi connectivity index (χ3v) is 4.48. The zero-order chi connectivity index (χ0) is 21.1. The molecule has 0 aliphatic carbocycles. The van der Waals surface area contributed by atoms with Crippen LogP contribution in [0.4, 0.5) is 0 Å². The third-order valence-electron chi connectivity index (χ3n) is 4.48. The second kappa shape index (κ2) is 11.9. The fraction of sp³-hybridized carbons (Fsp3) is 0.417. The number of ether oxygens (including phenoxy) is 3. The zero-order valence-corrected chi connectivity index (χ0v) is 17.5. The fourth-order valence-electron chi connectivity index (χ4n) is 2.84. The molecule has 1 unspecified atom stereocenters. The van der Waals surface area contributed by atoms with E-state index < -0.39 is 18.0 Å². The quantitative estimate of drug-likeness (QED) is 0.357. The number of unbranched alkanes of at least 4 members (excludes halogenated alkanes) is 2. The van der Waals surface area contributed by atoms with Gasteiger partial charge in [-0.25, -0.2) is 9.59 Å². The molecular weight excluding hydrogens is 368 g/mol. The first-order valence-corrected chi connectivity index (χ1v) is 10.3. The van der Waals surface area contributed by atoms with E-state index in [4.69, 9.17) is 14.2 Å². The molecule has 0 N–H and O–H groups in total. The van der Waals surface area contributed by atoms with Crippen molar-refractivity contribution in [3.63, 3.8) is 0 Å². The molecular formula is C24H30O5. The first-order valence-electron chi connectivity index (χ1n) is 10.3. The Hall–Kier alpha value is -2.82. The molecule has 2 aromatic carbocycles. The van der Waals surface area contributed by atoms with Crippen molar-refractivity contribution in [3.8, 4) is 5.75 Å². The summed E-state index contributed by atoms with van der Waals surface area (Å²) in [5.74, 6) is -0.365. The lowest BCUT2D eigenvalue weighted by molar-refractivity contribution is 0.0448. The number of hydrogen-bond acceptors (Lipinski definition) is 5. The predicted molar refractivity (Wildman–Crippen MR) is 112 cm³/mol. The van der Waals surface area contributed by atoms with Gasteiger partial charge in [0.15, 0.2) is 0 Å². The van der Waals surface area contributed by atoms with E-state index in [1.807, 2.05) is 51.1 Å². The summed E-state index contributed by atoms with van der Waals surface area (Å²) in [6, 6.07) is 14.5. The molecule has 5 heteroatoms. The molecule has 5 nitrogen and oxygen atoms in total. The maximum atomic E-state index is 12.9. The molecule has 156 valence electrons. The van der Waals surface area contributed by atoms with E-state index in [0.717, 1.165) is 25.7 Å². The molecule has 0 aliphatic rings. The van der Waals surface area contributed by atoms with Crippen LogP contribution in [-0.4, -0.2) is 25.2 Å². The lowest BCUT2D eigenvalue weighted by atomic mass is 9.97. The molecule has 2 rings (SSSR count). The van der Waals surface area contributed by atoms with Gasteiger partial charge in [0.25, 0.3) is 0 Å². The van der Waals surface area contributed by atoms with Gasteiger partial charge in [-0.3, -0.25) is 0 Å². The normalized spacial score (nSPS) is 11.6. The van der Waals surface area contributed by atoms with Gasteiger partial charge >= 0.3 is 11.9 Å². The molecule has 0 fully saturated rings. The Balaban J connectivity index is 2.33. The van der Waals surface area contributed by atoms with Crippen LogP contribution >= 0.6 is 0 Å². The lowest BCUT2D eigenvalue weighted by Gasteiger charge is -2.20. The molecule has 0 spiro atoms. The van der Waals surface area contributed by atoms with E-state index in [1.165, 1.54) is 0 Å². The molecule has 0 heterocycles. The van der Waals surface area contributed by atoms with Crippen LogP contribution in [-0.2, 0) is 9.47 Å². The minimum absolute atomic E-state index is 0.212. The van der Waals surface area contributed by atoms with Crippen molar-refractivity contribution in [2.24, 2.45) is 0 Å². The monoisotopic (exact) mass is 398 g/mol. The summed E-state index contributed by atoms with van der Waals surface area (Å²) >= 11 is 0. The van der Waals surface area contributed by atoms with E-state index in [2.05, 4.69) is 0 Å². The fourth-order valence-corrected chi connectivity index (χ4v) is 2.84. The molecule has 0 radical (unpaired) electrons. The molecule has 0 amide bonds. The highest BCUT2D eigenvalue weighted by Crippen LogP contribution is 2.27. The van der Waals surface area contributed by atoms with Gasteiger partial charge in [-0.2, -0.15) is 0 Å². The average molecular weight is 398 g/mol. The topological polar surface area (TPSA) is 61.8 Å². The number of esters is 2. The third kappa shape index (κ3) is 6.63. The zero-order valence-electron chi connectivity index (χ0n) is 17.5. The van der Waals surface area contributed by atoms with Gasteiger partial charge in [-0.05, 0) is 38.0 Å². The summed E-state index contributed by atoms with van der Waals surface area (Å²) in [5.41, 5.74) is 1.03. The van der Waals surface area contributed by atoms with Crippen molar-refractivity contribution < 1.29 is 23.8 Å². The van der Waals surface area contributed by atoms with Gasteiger partial charge < -0.3 is 14.2 Å². The van der Waals surface area contributed by atoms with Crippen molar-refractivity contribution in [2.75, 3.05) is 13.2 Å². The van der Waals surface area contributed by atoms with E-state index in [1.54, 1.807) is 18.2 Å². The van der Waals surface area contributed by atoms with Crippen molar-refractivity contribution in [2.45, 2.75) is 52.6 Å². The Kier molecular flexibility index (Phi) is 9.22. The average Bonchev–Trinajstić information content (AvgIpc) is 2.74. The number of hydrogen-bond donors (Lipinski definition) is 0. The largest absolute Gasteiger partial charge is 0.486 e. The maximum absolute atomic E-state index is 12.9. The van der Waals surface area contributed by atoms with Crippen LogP contribution in [0.3, 0.4) is 0 Å². The van der Waals surface area contributed by atoms with Crippen LogP contribution < -0.4 is 4.74 Å². The second-order valence-electron chi connectivity index (χ2n) is 6.82. The summed E-state index contributed by atoms with van der Waals surface area (Å²) in [6.45, 7) is 6.51. The summed E-state index contributed by atoms with van der Waals surface area (Å²) < 4.78 is 16.8. The first-order chi connectivity index (χ1) is 14.1. The number of carbonyl (C=O) groups is 2. The van der Waals surface area contributed by atoms with Crippen molar-refractivity contribution in [1.82, 2.24) is 0 Å². The Bertz CT molecular complexity index is 785. The Labute approximate surface area is 173 Å². The van der Waals surface area contributed by atoms with E-state index in [0.29, 0.717) is 24.5 Å². The smallest absolute Gasteiger partial charge is 0.339 e. The molecule has 0 bridgehead atoms. The highest BCUT2D eigenvalue weighted by Gasteiger charge is 2.26. The van der Waals surface area contributed by atoms with E-state index in [-0.39, 0.29) is 11.1 Å². The van der Waals surface area contributed by atoms with Gasteiger partial charge in [0.2, 0.25) is 0 Å². The van der Waals surface area contributed by atoms with E-state index >= 15 is 0 Å². The van der Waals surface area contributed by atoms with Gasteiger partial charge in [-0.15, -0.1) is 0 Å². The second-order valence-corrected chi connectivity index (χ2v) is 6.82. The Morgan fingerprint density at radius 2 is 1.45 bits per heavy atom. The highest BCUT2D eigenvalue weighted by atomic mass is 16.5. The molecule has 0 saturated carbocycles. The van der Waals surface area contributed by atoms with Crippen molar-refractivity contribution >= 4 is 11.9 Å². The van der Waals surface area contributed by atoms with Gasteiger partial charge in [0.05, 0.1) is 24.3 Å². The summed E-state index contributed by atoms with van der Waals surface area (Å²) in [4.78, 5) is 25.5. The summed E-state index contributed by atoms with van der Waals surface area (Å²) in [7, 11) is 0. The Morgan fingerprint density at radius 3 is 2.07 bits per heavy atom. The minimum Gasteiger partial charge on any atom is -0.486 e. The van der Waals surface area contributed by atoms with Crippen LogP contribution in [0, 0.1) is 0 Å². The molecule has 0 aliphatic heterocycles. The van der Waals surface area contributed by atoms with Gasteiger partial charge in [-0.1, -0.05) is 57.0 Å². The molecule has 29 heavy (non-hydrogen) atoms. The van der Waals surface area contributed by atoms with Crippen LogP contribution in [0.15, 0.2) is 48.5 Å². The maximum Gasteiger partial charge on any atom is 0.339 e. The van der Waals surface area contributed by atoms with Crippen molar-refractivity contribution in [3.05, 3.63) is 65.2 Å². The van der Waals surface area contributed by atoms with Gasteiger partial charge in [0, 0.05) is 5.56 Å². The van der Waals surface area contributed by atoms with E-state index in [9.17, 15) is 9.59 Å². The molecule has 0 aromatic heterocycles. The summed E-state index contributed by atoms with van der Waals surface area (Å²) in [6.07, 6.45) is 2.92.